The summed E-state index contributed by atoms with van der Waals surface area (Å²) in [5, 5.41) is 9.03. The average Bonchev–Trinajstić information content (AvgIpc) is 2.80. The molecule has 0 aliphatic heterocycles. The highest BCUT2D eigenvalue weighted by Crippen LogP contribution is 2.19. The Morgan fingerprint density at radius 1 is 1.50 bits per heavy atom. The summed E-state index contributed by atoms with van der Waals surface area (Å²) in [7, 11) is 1.86. The van der Waals surface area contributed by atoms with Crippen molar-refractivity contribution >= 4 is 5.97 Å². The van der Waals surface area contributed by atoms with Crippen molar-refractivity contribution in [1.82, 2.24) is 19.9 Å². The Hall–Kier alpha value is -2.41. The zero-order valence-corrected chi connectivity index (χ0v) is 11.3. The minimum absolute atomic E-state index is 0.0451. The molecule has 0 fully saturated rings. The van der Waals surface area contributed by atoms with E-state index in [1.54, 1.807) is 12.4 Å². The van der Waals surface area contributed by atoms with Crippen LogP contribution >= 0.6 is 0 Å². The first-order valence-corrected chi connectivity index (χ1v) is 6.13. The molecule has 7 nitrogen and oxygen atoms in total. The van der Waals surface area contributed by atoms with Gasteiger partial charge >= 0.3 is 11.7 Å². The number of aromatic amines is 2. The average molecular weight is 276 g/mol. The normalized spacial score (nSPS) is 12.6. The number of imidazole rings is 1. The highest BCUT2D eigenvalue weighted by atomic mass is 16.4. The Morgan fingerprint density at radius 3 is 2.85 bits per heavy atom. The number of aromatic carboxylic acids is 1. The number of hydrogen-bond donors (Lipinski definition) is 3. The SMILES string of the molecule is CC(c1cccnc1)N(C)Cc1[nH]c(=O)[nH]c1C(=O)O. The van der Waals surface area contributed by atoms with Crippen molar-refractivity contribution in [1.29, 1.82) is 0 Å². The van der Waals surface area contributed by atoms with Crippen LogP contribution in [0.5, 0.6) is 0 Å². The first kappa shape index (κ1) is 14.0. The number of carboxylic acid groups (broad SMARTS) is 1. The Kier molecular flexibility index (Phi) is 3.99. The van der Waals surface area contributed by atoms with Crippen LogP contribution in [0, 0.1) is 0 Å². The van der Waals surface area contributed by atoms with E-state index in [1.165, 1.54) is 0 Å². The maximum absolute atomic E-state index is 11.2. The molecule has 0 spiro atoms. The molecular formula is C13H16N4O3. The summed E-state index contributed by atoms with van der Waals surface area (Å²) in [5.41, 5.74) is 0.769. The van der Waals surface area contributed by atoms with Crippen molar-refractivity contribution in [2.45, 2.75) is 19.5 Å². The van der Waals surface area contributed by atoms with Gasteiger partial charge in [0.25, 0.3) is 0 Å². The summed E-state index contributed by atoms with van der Waals surface area (Å²) in [5.74, 6) is -1.15. The minimum atomic E-state index is -1.15. The quantitative estimate of drug-likeness (QED) is 0.755. The first-order valence-electron chi connectivity index (χ1n) is 6.13. The van der Waals surface area contributed by atoms with E-state index in [-0.39, 0.29) is 11.7 Å². The van der Waals surface area contributed by atoms with Crippen molar-refractivity contribution in [3.8, 4) is 0 Å². The van der Waals surface area contributed by atoms with Crippen LogP contribution in [-0.4, -0.2) is 38.0 Å². The summed E-state index contributed by atoms with van der Waals surface area (Å²) < 4.78 is 0. The molecule has 1 atom stereocenters. The molecule has 0 amide bonds. The number of pyridine rings is 1. The monoisotopic (exact) mass is 276 g/mol. The van der Waals surface area contributed by atoms with E-state index in [4.69, 9.17) is 5.11 Å². The maximum atomic E-state index is 11.2. The smallest absolute Gasteiger partial charge is 0.354 e. The van der Waals surface area contributed by atoms with Gasteiger partial charge in [0.15, 0.2) is 0 Å². The number of nitrogens with one attached hydrogen (secondary N) is 2. The van der Waals surface area contributed by atoms with Gasteiger partial charge in [-0.25, -0.2) is 9.59 Å². The van der Waals surface area contributed by atoms with Gasteiger partial charge in [0.05, 0.1) is 5.69 Å². The van der Waals surface area contributed by atoms with Gasteiger partial charge in [-0.2, -0.15) is 0 Å². The highest BCUT2D eigenvalue weighted by molar-refractivity contribution is 5.86. The lowest BCUT2D eigenvalue weighted by atomic mass is 10.1. The predicted octanol–water partition coefficient (Wildman–Crippen LogP) is 0.989. The van der Waals surface area contributed by atoms with E-state index in [2.05, 4.69) is 15.0 Å². The number of H-pyrrole nitrogens is 2. The molecule has 3 N–H and O–H groups in total. The number of carboxylic acids is 1. The molecule has 1 unspecified atom stereocenters. The number of hydrogen-bond acceptors (Lipinski definition) is 4. The van der Waals surface area contributed by atoms with Gasteiger partial charge in [-0.15, -0.1) is 0 Å². The van der Waals surface area contributed by atoms with Crippen LogP contribution in [-0.2, 0) is 6.54 Å². The molecular weight excluding hydrogens is 260 g/mol. The molecule has 0 radical (unpaired) electrons. The van der Waals surface area contributed by atoms with Gasteiger partial charge in [-0.05, 0) is 25.6 Å². The largest absolute Gasteiger partial charge is 0.477 e. The zero-order valence-electron chi connectivity index (χ0n) is 11.3. The van der Waals surface area contributed by atoms with E-state index >= 15 is 0 Å². The standard InChI is InChI=1S/C13H16N4O3/c1-8(9-4-3-5-14-6-9)17(2)7-10-11(12(18)19)16-13(20)15-10/h3-6,8H,7H2,1-2H3,(H,18,19)(H2,15,16,20). The van der Waals surface area contributed by atoms with Crippen LogP contribution in [0.3, 0.4) is 0 Å². The lowest BCUT2D eigenvalue weighted by molar-refractivity contribution is 0.0688. The van der Waals surface area contributed by atoms with E-state index in [0.717, 1.165) is 5.56 Å². The van der Waals surface area contributed by atoms with Crippen molar-refractivity contribution in [3.63, 3.8) is 0 Å². The van der Waals surface area contributed by atoms with Crippen LogP contribution in [0.4, 0.5) is 0 Å². The summed E-state index contributed by atoms with van der Waals surface area (Å²) in [6.07, 6.45) is 3.46. The van der Waals surface area contributed by atoms with Crippen LogP contribution < -0.4 is 5.69 Å². The van der Waals surface area contributed by atoms with Crippen molar-refractivity contribution < 1.29 is 9.90 Å². The molecule has 0 aromatic carbocycles. The Labute approximate surface area is 115 Å². The fraction of sp³-hybridized carbons (Fsp3) is 0.308. The Bertz CT molecular complexity index is 647. The third-order valence-corrected chi connectivity index (χ3v) is 3.25. The van der Waals surface area contributed by atoms with Crippen molar-refractivity contribution in [2.24, 2.45) is 0 Å². The second kappa shape index (κ2) is 5.70. The Morgan fingerprint density at radius 2 is 2.25 bits per heavy atom. The third-order valence-electron chi connectivity index (χ3n) is 3.25. The molecule has 0 aliphatic carbocycles. The van der Waals surface area contributed by atoms with Crippen molar-refractivity contribution in [3.05, 3.63) is 52.0 Å². The van der Waals surface area contributed by atoms with Gasteiger partial charge < -0.3 is 10.1 Å². The van der Waals surface area contributed by atoms with E-state index < -0.39 is 11.7 Å². The van der Waals surface area contributed by atoms with Crippen molar-refractivity contribution in [2.75, 3.05) is 7.05 Å². The van der Waals surface area contributed by atoms with Crippen LogP contribution in [0.2, 0.25) is 0 Å². The molecule has 0 saturated heterocycles. The van der Waals surface area contributed by atoms with Gasteiger partial charge in [-0.3, -0.25) is 14.9 Å². The summed E-state index contributed by atoms with van der Waals surface area (Å²) >= 11 is 0. The number of rotatable bonds is 5. The highest BCUT2D eigenvalue weighted by Gasteiger charge is 2.18. The summed E-state index contributed by atoms with van der Waals surface area (Å²) in [4.78, 5) is 33.1. The topological polar surface area (TPSA) is 102 Å². The van der Waals surface area contributed by atoms with E-state index in [1.807, 2.05) is 31.0 Å². The van der Waals surface area contributed by atoms with Crippen LogP contribution in [0.15, 0.2) is 29.3 Å². The number of aromatic nitrogens is 3. The Balaban J connectivity index is 2.18. The molecule has 0 bridgehead atoms. The fourth-order valence-electron chi connectivity index (χ4n) is 1.98. The molecule has 0 saturated carbocycles. The first-order chi connectivity index (χ1) is 9.49. The van der Waals surface area contributed by atoms with Crippen LogP contribution in [0.1, 0.15) is 34.7 Å². The lowest BCUT2D eigenvalue weighted by Gasteiger charge is -2.24. The lowest BCUT2D eigenvalue weighted by Crippen LogP contribution is -2.23. The second-order valence-corrected chi connectivity index (χ2v) is 4.62. The van der Waals surface area contributed by atoms with Gasteiger partial charge in [0.2, 0.25) is 0 Å². The van der Waals surface area contributed by atoms with E-state index in [0.29, 0.717) is 12.2 Å². The molecule has 2 aromatic heterocycles. The fourth-order valence-corrected chi connectivity index (χ4v) is 1.98. The molecule has 106 valence electrons. The molecule has 2 rings (SSSR count). The summed E-state index contributed by atoms with van der Waals surface area (Å²) in [6, 6.07) is 3.84. The predicted molar refractivity (Wildman–Crippen MR) is 72.5 cm³/mol. The molecule has 7 heteroatoms. The second-order valence-electron chi connectivity index (χ2n) is 4.62. The molecule has 2 aromatic rings. The van der Waals surface area contributed by atoms with Crippen LogP contribution in [0.25, 0.3) is 0 Å². The van der Waals surface area contributed by atoms with Gasteiger partial charge in [0, 0.05) is 25.0 Å². The summed E-state index contributed by atoms with van der Waals surface area (Å²) in [6.45, 7) is 2.30. The number of carbonyl (C=O) groups is 1. The minimum Gasteiger partial charge on any atom is -0.477 e. The zero-order chi connectivity index (χ0) is 14.7. The molecule has 0 aliphatic rings. The molecule has 2 heterocycles. The van der Waals surface area contributed by atoms with Gasteiger partial charge in [0.1, 0.15) is 5.69 Å². The molecule has 20 heavy (non-hydrogen) atoms. The number of nitrogens with zero attached hydrogens (tertiary/aromatic N) is 2. The maximum Gasteiger partial charge on any atom is 0.354 e. The third kappa shape index (κ3) is 2.94. The van der Waals surface area contributed by atoms with E-state index in [9.17, 15) is 9.59 Å². The van der Waals surface area contributed by atoms with Gasteiger partial charge in [-0.1, -0.05) is 6.07 Å².